The Morgan fingerprint density at radius 1 is 1.20 bits per heavy atom. The molecule has 3 atom stereocenters. The summed E-state index contributed by atoms with van der Waals surface area (Å²) in [7, 11) is -2.82. The molecule has 0 aromatic heterocycles. The minimum Gasteiger partial charge on any atom is -0.313 e. The van der Waals surface area contributed by atoms with E-state index in [0.29, 0.717) is 22.3 Å². The first kappa shape index (κ1) is 18.7. The van der Waals surface area contributed by atoms with Gasteiger partial charge in [0.2, 0.25) is 0 Å². The van der Waals surface area contributed by atoms with Crippen LogP contribution in [0.1, 0.15) is 40.0 Å². The van der Waals surface area contributed by atoms with E-state index in [0.717, 1.165) is 19.4 Å². The summed E-state index contributed by atoms with van der Waals surface area (Å²) in [6, 6.07) is 0.454. The highest BCUT2D eigenvalue weighted by Gasteiger charge is 2.31. The van der Waals surface area contributed by atoms with Gasteiger partial charge in [-0.15, -0.1) is 0 Å². The molecule has 1 fully saturated rings. The Bertz CT molecular complexity index is 359. The van der Waals surface area contributed by atoms with Gasteiger partial charge < -0.3 is 5.32 Å². The van der Waals surface area contributed by atoms with Crippen molar-refractivity contribution in [2.45, 2.75) is 56.6 Å². The van der Waals surface area contributed by atoms with E-state index in [-0.39, 0.29) is 5.75 Å². The average molecular weight is 340 g/mol. The third kappa shape index (κ3) is 6.16. The van der Waals surface area contributed by atoms with Gasteiger partial charge >= 0.3 is 0 Å². The van der Waals surface area contributed by atoms with Gasteiger partial charge in [0.1, 0.15) is 9.84 Å². The molecule has 1 saturated heterocycles. The van der Waals surface area contributed by atoms with Crippen LogP contribution in [0.4, 0.5) is 0 Å². The standard InChI is InChI=1S/C14H29NO2S3/c1-4-13-14(19-10-9-18-13)12(15-5-2)8-7-11-20(16,17)6-3/h12-15H,4-11H2,1-3H3. The zero-order valence-corrected chi connectivity index (χ0v) is 15.4. The summed E-state index contributed by atoms with van der Waals surface area (Å²) in [4.78, 5) is 0. The maximum atomic E-state index is 11.6. The van der Waals surface area contributed by atoms with Crippen molar-refractivity contribution in [2.75, 3.05) is 29.6 Å². The molecular weight excluding hydrogens is 310 g/mol. The maximum Gasteiger partial charge on any atom is 0.150 e. The number of hydrogen-bond acceptors (Lipinski definition) is 5. The first-order valence-corrected chi connectivity index (χ1v) is 11.6. The van der Waals surface area contributed by atoms with Gasteiger partial charge in [-0.2, -0.15) is 23.5 Å². The molecule has 1 aliphatic rings. The Morgan fingerprint density at radius 2 is 1.90 bits per heavy atom. The zero-order chi connectivity index (χ0) is 15.0. The lowest BCUT2D eigenvalue weighted by atomic mass is 10.0. The summed E-state index contributed by atoms with van der Waals surface area (Å²) in [5.41, 5.74) is 0. The van der Waals surface area contributed by atoms with Crippen molar-refractivity contribution < 1.29 is 8.42 Å². The molecule has 0 aliphatic carbocycles. The number of thioether (sulfide) groups is 2. The molecule has 1 N–H and O–H groups in total. The lowest BCUT2D eigenvalue weighted by Gasteiger charge is -2.36. The van der Waals surface area contributed by atoms with Crippen molar-refractivity contribution in [3.63, 3.8) is 0 Å². The molecule has 1 heterocycles. The van der Waals surface area contributed by atoms with Crippen molar-refractivity contribution in [1.82, 2.24) is 5.32 Å². The van der Waals surface area contributed by atoms with Crippen molar-refractivity contribution in [3.05, 3.63) is 0 Å². The normalized spacial score (nSPS) is 25.6. The van der Waals surface area contributed by atoms with E-state index >= 15 is 0 Å². The molecule has 0 bridgehead atoms. The van der Waals surface area contributed by atoms with E-state index in [4.69, 9.17) is 0 Å². The molecule has 120 valence electrons. The Balaban J connectivity index is 2.54. The van der Waals surface area contributed by atoms with Crippen LogP contribution in [0.25, 0.3) is 0 Å². The monoisotopic (exact) mass is 339 g/mol. The molecule has 1 rings (SSSR count). The van der Waals surface area contributed by atoms with Crippen LogP contribution in [0, 0.1) is 0 Å². The molecule has 0 saturated carbocycles. The van der Waals surface area contributed by atoms with Gasteiger partial charge in [0.15, 0.2) is 0 Å². The summed E-state index contributed by atoms with van der Waals surface area (Å²) >= 11 is 4.16. The molecule has 0 amide bonds. The second kappa shape index (κ2) is 9.59. The van der Waals surface area contributed by atoms with Crippen molar-refractivity contribution in [2.24, 2.45) is 0 Å². The second-order valence-electron chi connectivity index (χ2n) is 5.20. The third-order valence-corrected chi connectivity index (χ3v) is 8.96. The average Bonchev–Trinajstić information content (AvgIpc) is 2.46. The van der Waals surface area contributed by atoms with E-state index in [1.54, 1.807) is 6.92 Å². The fourth-order valence-electron chi connectivity index (χ4n) is 2.62. The van der Waals surface area contributed by atoms with E-state index in [2.05, 4.69) is 42.7 Å². The summed E-state index contributed by atoms with van der Waals surface area (Å²) < 4.78 is 23.2. The Labute approximate surface area is 133 Å². The maximum absolute atomic E-state index is 11.6. The van der Waals surface area contributed by atoms with Gasteiger partial charge in [0, 0.05) is 33.8 Å². The molecule has 0 spiro atoms. The van der Waals surface area contributed by atoms with Crippen LogP contribution in [-0.4, -0.2) is 54.5 Å². The molecule has 0 aromatic carbocycles. The fraction of sp³-hybridized carbons (Fsp3) is 1.00. The van der Waals surface area contributed by atoms with E-state index < -0.39 is 9.84 Å². The van der Waals surface area contributed by atoms with Gasteiger partial charge in [-0.1, -0.05) is 20.8 Å². The van der Waals surface area contributed by atoms with Crippen LogP contribution in [0.2, 0.25) is 0 Å². The van der Waals surface area contributed by atoms with Gasteiger partial charge in [0.05, 0.1) is 5.75 Å². The summed E-state index contributed by atoms with van der Waals surface area (Å²) in [5, 5.41) is 4.93. The molecule has 20 heavy (non-hydrogen) atoms. The smallest absolute Gasteiger partial charge is 0.150 e. The number of sulfone groups is 1. The summed E-state index contributed by atoms with van der Waals surface area (Å²) in [6.07, 6.45) is 2.96. The predicted octanol–water partition coefficient (Wildman–Crippen LogP) is 2.81. The SMILES string of the molecule is CCNC(CCCS(=O)(=O)CC)C1SCCSC1CC. The lowest BCUT2D eigenvalue weighted by Crippen LogP contribution is -2.45. The van der Waals surface area contributed by atoms with Gasteiger partial charge in [-0.05, 0) is 25.8 Å². The molecule has 1 aliphatic heterocycles. The van der Waals surface area contributed by atoms with E-state index in [9.17, 15) is 8.42 Å². The molecule has 3 unspecified atom stereocenters. The first-order chi connectivity index (χ1) is 9.54. The molecule has 0 aromatic rings. The van der Waals surface area contributed by atoms with Crippen molar-refractivity contribution >= 4 is 33.4 Å². The highest BCUT2D eigenvalue weighted by molar-refractivity contribution is 8.07. The third-order valence-electron chi connectivity index (χ3n) is 3.77. The molecule has 6 heteroatoms. The van der Waals surface area contributed by atoms with Gasteiger partial charge in [0.25, 0.3) is 0 Å². The first-order valence-electron chi connectivity index (χ1n) is 7.71. The highest BCUT2D eigenvalue weighted by Crippen LogP contribution is 2.36. The Morgan fingerprint density at radius 3 is 2.50 bits per heavy atom. The number of hydrogen-bond donors (Lipinski definition) is 1. The van der Waals surface area contributed by atoms with Crippen LogP contribution >= 0.6 is 23.5 Å². The van der Waals surface area contributed by atoms with Crippen LogP contribution in [0.5, 0.6) is 0 Å². The fourth-order valence-corrected chi connectivity index (χ4v) is 6.82. The Kier molecular flexibility index (Phi) is 8.95. The van der Waals surface area contributed by atoms with E-state index in [1.807, 2.05) is 0 Å². The van der Waals surface area contributed by atoms with Crippen molar-refractivity contribution in [3.8, 4) is 0 Å². The minimum atomic E-state index is -2.82. The zero-order valence-electron chi connectivity index (χ0n) is 12.9. The highest BCUT2D eigenvalue weighted by atomic mass is 32.2. The van der Waals surface area contributed by atoms with E-state index in [1.165, 1.54) is 17.9 Å². The summed E-state index contributed by atoms with van der Waals surface area (Å²) in [5.74, 6) is 3.08. The van der Waals surface area contributed by atoms with Crippen LogP contribution < -0.4 is 5.32 Å². The molecule has 0 radical (unpaired) electrons. The predicted molar refractivity (Wildman–Crippen MR) is 93.8 cm³/mol. The summed E-state index contributed by atoms with van der Waals surface area (Å²) in [6.45, 7) is 7.10. The topological polar surface area (TPSA) is 46.2 Å². The Hall–Kier alpha value is 0.610. The van der Waals surface area contributed by atoms with Crippen LogP contribution in [-0.2, 0) is 9.84 Å². The van der Waals surface area contributed by atoms with Crippen molar-refractivity contribution in [1.29, 1.82) is 0 Å². The van der Waals surface area contributed by atoms with Crippen LogP contribution in [0.3, 0.4) is 0 Å². The largest absolute Gasteiger partial charge is 0.313 e. The lowest BCUT2D eigenvalue weighted by molar-refractivity contribution is 0.459. The number of rotatable bonds is 9. The molecular formula is C14H29NO2S3. The second-order valence-corrected chi connectivity index (χ2v) is 10.3. The van der Waals surface area contributed by atoms with Gasteiger partial charge in [-0.3, -0.25) is 0 Å². The van der Waals surface area contributed by atoms with Crippen LogP contribution in [0.15, 0.2) is 0 Å². The molecule has 3 nitrogen and oxygen atoms in total. The minimum absolute atomic E-state index is 0.268. The quantitative estimate of drug-likeness (QED) is 0.700. The van der Waals surface area contributed by atoms with Gasteiger partial charge in [-0.25, -0.2) is 8.42 Å². The number of nitrogens with one attached hydrogen (secondary N) is 1.